The minimum absolute atomic E-state index is 0.0990. The van der Waals surface area contributed by atoms with Crippen molar-refractivity contribution in [2.75, 3.05) is 10.6 Å². The van der Waals surface area contributed by atoms with Crippen molar-refractivity contribution < 1.29 is 14.3 Å². The van der Waals surface area contributed by atoms with Gasteiger partial charge in [-0.15, -0.1) is 11.3 Å². The molecule has 2 aliphatic rings. The first-order valence-electron chi connectivity index (χ1n) is 9.14. The van der Waals surface area contributed by atoms with E-state index in [9.17, 15) is 9.59 Å². The molecule has 0 saturated heterocycles. The molecule has 0 spiro atoms. The van der Waals surface area contributed by atoms with Crippen molar-refractivity contribution >= 4 is 34.5 Å². The van der Waals surface area contributed by atoms with Gasteiger partial charge < -0.3 is 15.4 Å². The van der Waals surface area contributed by atoms with Crippen LogP contribution in [0.25, 0.3) is 0 Å². The Morgan fingerprint density at radius 3 is 2.85 bits per heavy atom. The lowest BCUT2D eigenvalue weighted by Gasteiger charge is -2.23. The number of hydrogen-bond acceptors (Lipinski definition) is 4. The van der Waals surface area contributed by atoms with Crippen LogP contribution in [0.1, 0.15) is 52.7 Å². The summed E-state index contributed by atoms with van der Waals surface area (Å²) < 4.78 is 5.54. The maximum atomic E-state index is 12.7. The zero-order valence-electron chi connectivity index (χ0n) is 14.8. The van der Waals surface area contributed by atoms with Gasteiger partial charge in [0, 0.05) is 10.6 Å². The molecular formula is C20H22N2O3S. The fourth-order valence-corrected chi connectivity index (χ4v) is 4.58. The second-order valence-corrected chi connectivity index (χ2v) is 8.02. The molecule has 6 heteroatoms. The summed E-state index contributed by atoms with van der Waals surface area (Å²) in [4.78, 5) is 26.5. The molecule has 2 N–H and O–H groups in total. The zero-order chi connectivity index (χ0) is 18.1. The van der Waals surface area contributed by atoms with Crippen molar-refractivity contribution in [1.82, 2.24) is 0 Å². The van der Waals surface area contributed by atoms with Crippen LogP contribution in [0.2, 0.25) is 0 Å². The van der Waals surface area contributed by atoms with Gasteiger partial charge in [-0.05, 0) is 62.4 Å². The fraction of sp³-hybridized carbons (Fsp3) is 0.400. The van der Waals surface area contributed by atoms with Crippen LogP contribution in [0.5, 0.6) is 5.75 Å². The molecule has 0 fully saturated rings. The van der Waals surface area contributed by atoms with Gasteiger partial charge in [-0.3, -0.25) is 9.59 Å². The molecule has 1 aliphatic carbocycles. The number of anilines is 2. The van der Waals surface area contributed by atoms with Gasteiger partial charge in [-0.1, -0.05) is 12.8 Å². The number of rotatable bonds is 2. The van der Waals surface area contributed by atoms with Crippen LogP contribution in [0.4, 0.5) is 11.4 Å². The number of thiophene rings is 1. The number of benzene rings is 1. The number of amides is 2. The Hall–Kier alpha value is -2.34. The Balaban J connectivity index is 1.51. The average Bonchev–Trinajstić information content (AvgIpc) is 2.98. The highest BCUT2D eigenvalue weighted by Crippen LogP contribution is 2.33. The van der Waals surface area contributed by atoms with E-state index in [1.165, 1.54) is 36.1 Å². The number of aryl methyl sites for hydroxylation is 2. The molecule has 2 amide bonds. The molecule has 4 rings (SSSR count). The van der Waals surface area contributed by atoms with E-state index in [0.29, 0.717) is 17.1 Å². The maximum Gasteiger partial charge on any atom is 0.265 e. The van der Waals surface area contributed by atoms with Gasteiger partial charge in [-0.2, -0.15) is 0 Å². The van der Waals surface area contributed by atoms with E-state index in [0.717, 1.165) is 17.7 Å². The van der Waals surface area contributed by atoms with E-state index in [1.807, 2.05) is 6.07 Å². The Labute approximate surface area is 156 Å². The van der Waals surface area contributed by atoms with E-state index >= 15 is 0 Å². The Morgan fingerprint density at radius 1 is 1.19 bits per heavy atom. The number of fused-ring (bicyclic) bond motifs is 2. The monoisotopic (exact) mass is 370 g/mol. The van der Waals surface area contributed by atoms with Gasteiger partial charge in [0.25, 0.3) is 11.8 Å². The molecular weight excluding hydrogens is 348 g/mol. The van der Waals surface area contributed by atoms with Gasteiger partial charge in [0.1, 0.15) is 5.75 Å². The topological polar surface area (TPSA) is 67.4 Å². The van der Waals surface area contributed by atoms with E-state index in [-0.39, 0.29) is 11.8 Å². The van der Waals surface area contributed by atoms with Crippen LogP contribution in [-0.2, 0) is 17.6 Å². The molecule has 1 atom stereocenters. The van der Waals surface area contributed by atoms with Crippen LogP contribution in [0.15, 0.2) is 24.3 Å². The third-order valence-electron chi connectivity index (χ3n) is 4.89. The lowest BCUT2D eigenvalue weighted by molar-refractivity contribution is -0.122. The quantitative estimate of drug-likeness (QED) is 0.824. The molecule has 136 valence electrons. The standard InChI is InChI=1S/C20H22N2O3S/c1-12-19(23)22-15-11-14(8-9-16(15)25-12)21-20(24)18-10-13-6-4-2-3-5-7-17(13)26-18/h8-12H,2-7H2,1H3,(H,21,24)(H,22,23)/t12-/m1/s1. The van der Waals surface area contributed by atoms with E-state index in [4.69, 9.17) is 4.74 Å². The Bertz CT molecular complexity index is 833. The van der Waals surface area contributed by atoms with Crippen LogP contribution < -0.4 is 15.4 Å². The smallest absolute Gasteiger partial charge is 0.265 e. The van der Waals surface area contributed by atoms with E-state index < -0.39 is 6.10 Å². The highest BCUT2D eigenvalue weighted by molar-refractivity contribution is 7.14. The summed E-state index contributed by atoms with van der Waals surface area (Å²) in [5.41, 5.74) is 2.57. The minimum Gasteiger partial charge on any atom is -0.479 e. The van der Waals surface area contributed by atoms with Crippen molar-refractivity contribution in [3.05, 3.63) is 39.6 Å². The number of carbonyl (C=O) groups excluding carboxylic acids is 2. The normalized spacial score (nSPS) is 19.3. The third kappa shape index (κ3) is 3.46. The molecule has 2 heterocycles. The molecule has 0 bridgehead atoms. The first-order chi connectivity index (χ1) is 12.6. The fourth-order valence-electron chi connectivity index (χ4n) is 3.44. The molecule has 1 aliphatic heterocycles. The SMILES string of the molecule is C[C@H]1Oc2ccc(NC(=O)c3cc4c(s3)CCCCCC4)cc2NC1=O. The molecule has 5 nitrogen and oxygen atoms in total. The van der Waals surface area contributed by atoms with Gasteiger partial charge in [-0.25, -0.2) is 0 Å². The van der Waals surface area contributed by atoms with Gasteiger partial charge in [0.05, 0.1) is 10.6 Å². The van der Waals surface area contributed by atoms with Crippen molar-refractivity contribution in [3.63, 3.8) is 0 Å². The zero-order valence-corrected chi connectivity index (χ0v) is 15.6. The van der Waals surface area contributed by atoms with E-state index in [2.05, 4.69) is 10.6 Å². The van der Waals surface area contributed by atoms with Gasteiger partial charge in [0.15, 0.2) is 6.10 Å². The van der Waals surface area contributed by atoms with Crippen LogP contribution in [-0.4, -0.2) is 17.9 Å². The average molecular weight is 370 g/mol. The number of ether oxygens (including phenoxy) is 1. The maximum absolute atomic E-state index is 12.7. The first kappa shape index (κ1) is 17.1. The van der Waals surface area contributed by atoms with Crippen LogP contribution >= 0.6 is 11.3 Å². The number of hydrogen-bond donors (Lipinski definition) is 2. The first-order valence-corrected chi connectivity index (χ1v) is 9.96. The van der Waals surface area contributed by atoms with Gasteiger partial charge in [0.2, 0.25) is 0 Å². The molecule has 0 radical (unpaired) electrons. The number of carbonyl (C=O) groups is 2. The summed E-state index contributed by atoms with van der Waals surface area (Å²) in [6, 6.07) is 7.35. The van der Waals surface area contributed by atoms with Crippen molar-refractivity contribution in [2.45, 2.75) is 51.6 Å². The third-order valence-corrected chi connectivity index (χ3v) is 6.12. The molecule has 1 aromatic heterocycles. The molecule has 2 aromatic rings. The second-order valence-electron chi connectivity index (χ2n) is 6.89. The summed E-state index contributed by atoms with van der Waals surface area (Å²) in [6.07, 6.45) is 6.60. The molecule has 0 unspecified atom stereocenters. The largest absolute Gasteiger partial charge is 0.479 e. The van der Waals surface area contributed by atoms with Crippen molar-refractivity contribution in [1.29, 1.82) is 0 Å². The summed E-state index contributed by atoms with van der Waals surface area (Å²) in [5.74, 6) is 0.339. The summed E-state index contributed by atoms with van der Waals surface area (Å²) in [7, 11) is 0. The second kappa shape index (κ2) is 7.11. The number of nitrogens with one attached hydrogen (secondary N) is 2. The Morgan fingerprint density at radius 2 is 2.00 bits per heavy atom. The molecule has 0 saturated carbocycles. The lowest BCUT2D eigenvalue weighted by atomic mass is 10.00. The lowest BCUT2D eigenvalue weighted by Crippen LogP contribution is -2.34. The Kier molecular flexibility index (Phi) is 4.68. The highest BCUT2D eigenvalue weighted by atomic mass is 32.1. The summed E-state index contributed by atoms with van der Waals surface area (Å²) >= 11 is 1.61. The predicted octanol–water partition coefficient (Wildman–Crippen LogP) is 4.38. The van der Waals surface area contributed by atoms with Gasteiger partial charge >= 0.3 is 0 Å². The molecule has 26 heavy (non-hydrogen) atoms. The predicted molar refractivity (Wildman–Crippen MR) is 103 cm³/mol. The minimum atomic E-state index is -0.506. The molecule has 1 aromatic carbocycles. The van der Waals surface area contributed by atoms with Crippen LogP contribution in [0.3, 0.4) is 0 Å². The summed E-state index contributed by atoms with van der Waals surface area (Å²) in [5, 5.41) is 5.74. The van der Waals surface area contributed by atoms with Crippen molar-refractivity contribution in [3.8, 4) is 5.75 Å². The van der Waals surface area contributed by atoms with Crippen molar-refractivity contribution in [2.24, 2.45) is 0 Å². The highest BCUT2D eigenvalue weighted by Gasteiger charge is 2.24. The van der Waals surface area contributed by atoms with Crippen LogP contribution in [0, 0.1) is 0 Å². The summed E-state index contributed by atoms with van der Waals surface area (Å²) in [6.45, 7) is 1.71. The van der Waals surface area contributed by atoms with E-state index in [1.54, 1.807) is 36.5 Å².